The van der Waals surface area contributed by atoms with Crippen LogP contribution in [0.15, 0.2) is 42.6 Å². The number of rotatable bonds is 8. The average Bonchev–Trinajstić information content (AvgIpc) is 3.41. The molecule has 0 unspecified atom stereocenters. The second kappa shape index (κ2) is 10.9. The van der Waals surface area contributed by atoms with E-state index in [-0.39, 0.29) is 36.0 Å². The van der Waals surface area contributed by atoms with E-state index in [2.05, 4.69) is 5.32 Å². The number of hydrogen-bond acceptors (Lipinski definition) is 5. The fourth-order valence-electron chi connectivity index (χ4n) is 4.63. The fourth-order valence-corrected chi connectivity index (χ4v) is 4.82. The lowest BCUT2D eigenvalue weighted by molar-refractivity contribution is -0.141. The molecule has 0 spiro atoms. The largest absolute Gasteiger partial charge is 0.497 e. The molecule has 0 aliphatic carbocycles. The topological polar surface area (TPSA) is 89.9 Å². The summed E-state index contributed by atoms with van der Waals surface area (Å²) in [4.78, 5) is 39.8. The van der Waals surface area contributed by atoms with Crippen LogP contribution in [-0.4, -0.2) is 66.1 Å². The molecule has 8 nitrogen and oxygen atoms in total. The Kier molecular flexibility index (Phi) is 7.79. The van der Waals surface area contributed by atoms with Crippen molar-refractivity contribution in [1.29, 1.82) is 0 Å². The smallest absolute Gasteiger partial charge is 0.245 e. The number of ether oxygens (including phenoxy) is 2. The number of nitrogens with zero attached hydrogens (tertiary/aromatic N) is 2. The molecule has 1 aliphatic heterocycles. The minimum absolute atomic E-state index is 0.0930. The third-order valence-corrected chi connectivity index (χ3v) is 6.79. The van der Waals surface area contributed by atoms with E-state index in [1.54, 1.807) is 35.0 Å². The molecule has 1 saturated heterocycles. The van der Waals surface area contributed by atoms with Gasteiger partial charge in [0, 0.05) is 41.9 Å². The highest BCUT2D eigenvalue weighted by Gasteiger charge is 2.48. The van der Waals surface area contributed by atoms with Crippen molar-refractivity contribution < 1.29 is 32.6 Å². The molecule has 1 aromatic heterocycles. The number of likely N-dealkylation sites (tertiary alicyclic amines) is 1. The predicted molar refractivity (Wildman–Crippen MR) is 133 cm³/mol. The number of ketones is 1. The molecule has 0 saturated carbocycles. The van der Waals surface area contributed by atoms with E-state index in [9.17, 15) is 23.2 Å². The van der Waals surface area contributed by atoms with Crippen LogP contribution in [-0.2, 0) is 27.4 Å². The molecule has 3 atom stereocenters. The summed E-state index contributed by atoms with van der Waals surface area (Å²) >= 11 is 5.80. The zero-order valence-corrected chi connectivity index (χ0v) is 21.2. The van der Waals surface area contributed by atoms with Crippen molar-refractivity contribution in [2.24, 2.45) is 0 Å². The number of aromatic nitrogens is 1. The van der Waals surface area contributed by atoms with Gasteiger partial charge in [-0.25, -0.2) is 8.78 Å². The van der Waals surface area contributed by atoms with Crippen molar-refractivity contribution in [1.82, 2.24) is 14.8 Å². The highest BCUT2D eigenvalue weighted by Crippen LogP contribution is 2.29. The van der Waals surface area contributed by atoms with Crippen LogP contribution in [0.5, 0.6) is 5.75 Å². The molecule has 3 aromatic rings. The summed E-state index contributed by atoms with van der Waals surface area (Å²) in [5.41, 5.74) is 1.16. The number of amides is 2. The molecule has 0 radical (unpaired) electrons. The standard InChI is InChI=1S/C26H26ClF2N3O5/c1-14(33)18-11-31(21-8-7-16(36-2)9-17(18)21)13-22(34)32-12-20(28)25(37-3)24(32)26(35)30-10-15-5-4-6-19(27)23(15)29/h4-9,11,20,24-25H,10,12-13H2,1-3H3,(H,30,35)/t20-,24-,25+/m0/s1. The van der Waals surface area contributed by atoms with Gasteiger partial charge in [-0.15, -0.1) is 0 Å². The molecule has 2 heterocycles. The van der Waals surface area contributed by atoms with Crippen molar-refractivity contribution in [3.8, 4) is 5.75 Å². The Labute approximate surface area is 217 Å². The summed E-state index contributed by atoms with van der Waals surface area (Å²) in [6, 6.07) is 8.23. The first-order chi connectivity index (χ1) is 17.7. The third kappa shape index (κ3) is 5.17. The van der Waals surface area contributed by atoms with Crippen LogP contribution in [0.2, 0.25) is 5.02 Å². The Morgan fingerprint density at radius 1 is 1.19 bits per heavy atom. The van der Waals surface area contributed by atoms with Gasteiger partial charge in [-0.05, 0) is 31.2 Å². The Balaban J connectivity index is 1.58. The first kappa shape index (κ1) is 26.6. The molecule has 11 heteroatoms. The van der Waals surface area contributed by atoms with Gasteiger partial charge in [0.2, 0.25) is 11.8 Å². The summed E-state index contributed by atoms with van der Waals surface area (Å²) in [5.74, 6) is -1.55. The number of nitrogens with one attached hydrogen (secondary N) is 1. The van der Waals surface area contributed by atoms with E-state index in [4.69, 9.17) is 21.1 Å². The number of hydrogen-bond donors (Lipinski definition) is 1. The minimum atomic E-state index is -1.61. The molecule has 196 valence electrons. The van der Waals surface area contributed by atoms with Gasteiger partial charge in [0.25, 0.3) is 0 Å². The number of carbonyl (C=O) groups excluding carboxylic acids is 3. The number of alkyl halides is 1. The molecular formula is C26H26ClF2N3O5. The molecule has 2 aromatic carbocycles. The van der Waals surface area contributed by atoms with Gasteiger partial charge in [0.05, 0.1) is 18.7 Å². The van der Waals surface area contributed by atoms with E-state index in [0.29, 0.717) is 22.2 Å². The summed E-state index contributed by atoms with van der Waals surface area (Å²) in [6.07, 6.45) is -1.25. The van der Waals surface area contributed by atoms with Crippen LogP contribution in [0.1, 0.15) is 22.8 Å². The van der Waals surface area contributed by atoms with Crippen LogP contribution in [0.4, 0.5) is 8.78 Å². The van der Waals surface area contributed by atoms with E-state index < -0.39 is 35.9 Å². The lowest BCUT2D eigenvalue weighted by Crippen LogP contribution is -2.51. The maximum Gasteiger partial charge on any atom is 0.245 e. The summed E-state index contributed by atoms with van der Waals surface area (Å²) in [6.45, 7) is 0.615. The molecule has 1 fully saturated rings. The highest BCUT2D eigenvalue weighted by atomic mass is 35.5. The molecule has 37 heavy (non-hydrogen) atoms. The molecule has 1 aliphatic rings. The Hall–Kier alpha value is -3.50. The number of benzene rings is 2. The predicted octanol–water partition coefficient (Wildman–Crippen LogP) is 3.53. The van der Waals surface area contributed by atoms with Crippen molar-refractivity contribution in [3.05, 3.63) is 64.6 Å². The second-order valence-corrected chi connectivity index (χ2v) is 9.16. The zero-order valence-electron chi connectivity index (χ0n) is 20.5. The monoisotopic (exact) mass is 533 g/mol. The van der Waals surface area contributed by atoms with Crippen LogP contribution in [0, 0.1) is 5.82 Å². The SMILES string of the molecule is COc1ccc2c(c1)c(C(C)=O)cn2CC(=O)N1C[C@H](F)[C@@H](OC)[C@H]1C(=O)NCc1cccc(Cl)c1F. The lowest BCUT2D eigenvalue weighted by atomic mass is 10.1. The summed E-state index contributed by atoms with van der Waals surface area (Å²) < 4.78 is 41.1. The molecular weight excluding hydrogens is 508 g/mol. The molecule has 4 rings (SSSR count). The van der Waals surface area contributed by atoms with Crippen LogP contribution < -0.4 is 10.1 Å². The van der Waals surface area contributed by atoms with Gasteiger partial charge in [0.1, 0.15) is 36.4 Å². The van der Waals surface area contributed by atoms with Gasteiger partial charge in [-0.1, -0.05) is 23.7 Å². The van der Waals surface area contributed by atoms with E-state index in [0.717, 1.165) is 4.90 Å². The molecule has 2 amide bonds. The quantitative estimate of drug-likeness (QED) is 0.448. The second-order valence-electron chi connectivity index (χ2n) is 8.75. The maximum atomic E-state index is 14.8. The molecule has 0 bridgehead atoms. The molecule has 1 N–H and O–H groups in total. The van der Waals surface area contributed by atoms with Gasteiger partial charge in [-0.3, -0.25) is 14.4 Å². The number of Topliss-reactive ketones (excluding diaryl/α,β-unsaturated/α-hetero) is 1. The Morgan fingerprint density at radius 3 is 2.62 bits per heavy atom. The number of methoxy groups -OCH3 is 2. The van der Waals surface area contributed by atoms with Crippen LogP contribution >= 0.6 is 11.6 Å². The van der Waals surface area contributed by atoms with Gasteiger partial charge < -0.3 is 24.3 Å². The Morgan fingerprint density at radius 2 is 1.95 bits per heavy atom. The number of fused-ring (bicyclic) bond motifs is 1. The normalized spacial score (nSPS) is 19.3. The van der Waals surface area contributed by atoms with Crippen molar-refractivity contribution in [2.75, 3.05) is 20.8 Å². The van der Waals surface area contributed by atoms with Crippen LogP contribution in [0.3, 0.4) is 0 Å². The lowest BCUT2D eigenvalue weighted by Gasteiger charge is -2.26. The summed E-state index contributed by atoms with van der Waals surface area (Å²) in [7, 11) is 2.77. The number of halogens is 3. The third-order valence-electron chi connectivity index (χ3n) is 6.49. The highest BCUT2D eigenvalue weighted by molar-refractivity contribution is 6.30. The number of carbonyl (C=O) groups is 3. The minimum Gasteiger partial charge on any atom is -0.497 e. The van der Waals surface area contributed by atoms with E-state index in [1.165, 1.54) is 33.3 Å². The van der Waals surface area contributed by atoms with Gasteiger partial charge in [0.15, 0.2) is 5.78 Å². The average molecular weight is 534 g/mol. The van der Waals surface area contributed by atoms with Crippen molar-refractivity contribution in [3.63, 3.8) is 0 Å². The van der Waals surface area contributed by atoms with E-state index in [1.807, 2.05) is 0 Å². The first-order valence-electron chi connectivity index (χ1n) is 11.5. The van der Waals surface area contributed by atoms with Gasteiger partial charge >= 0.3 is 0 Å². The van der Waals surface area contributed by atoms with Crippen molar-refractivity contribution in [2.45, 2.75) is 38.3 Å². The fraction of sp³-hybridized carbons (Fsp3) is 0.346. The maximum absolute atomic E-state index is 14.8. The van der Waals surface area contributed by atoms with E-state index >= 15 is 0 Å². The Bertz CT molecular complexity index is 1360. The van der Waals surface area contributed by atoms with Crippen LogP contribution in [0.25, 0.3) is 10.9 Å². The van der Waals surface area contributed by atoms with Gasteiger partial charge in [-0.2, -0.15) is 0 Å². The zero-order chi connectivity index (χ0) is 26.9. The summed E-state index contributed by atoms with van der Waals surface area (Å²) in [5, 5.41) is 3.08. The first-order valence-corrected chi connectivity index (χ1v) is 11.9. The van der Waals surface area contributed by atoms with Crippen molar-refractivity contribution >= 4 is 40.1 Å².